The van der Waals surface area contributed by atoms with Crippen LogP contribution >= 0.6 is 34.7 Å². The highest BCUT2D eigenvalue weighted by Crippen LogP contribution is 2.31. The number of carbonyl (C=O) groups is 2. The second kappa shape index (κ2) is 7.86. The van der Waals surface area contributed by atoms with E-state index in [4.69, 9.17) is 16.7 Å². The number of anilines is 1. The minimum atomic E-state index is -0.819. The van der Waals surface area contributed by atoms with Crippen molar-refractivity contribution in [2.45, 2.75) is 10.8 Å². The number of nitrogens with one attached hydrogen (secondary N) is 1. The van der Waals surface area contributed by atoms with Gasteiger partial charge in [-0.1, -0.05) is 23.4 Å². The number of rotatable bonds is 6. The molecule has 1 heterocycles. The van der Waals surface area contributed by atoms with Gasteiger partial charge in [-0.2, -0.15) is 0 Å². The van der Waals surface area contributed by atoms with Gasteiger partial charge in [0, 0.05) is 22.0 Å². The summed E-state index contributed by atoms with van der Waals surface area (Å²) in [6.07, 6.45) is 0.100. The van der Waals surface area contributed by atoms with E-state index in [2.05, 4.69) is 10.3 Å². The molecule has 0 unspecified atom stereocenters. The SMILES string of the molecule is O=C(O)CCSc1nc2ccc(NC(=O)c3ccc(Cl)cc3)cc2s1. The van der Waals surface area contributed by atoms with E-state index in [9.17, 15) is 9.59 Å². The Balaban J connectivity index is 1.71. The summed E-state index contributed by atoms with van der Waals surface area (Å²) in [6, 6.07) is 12.2. The summed E-state index contributed by atoms with van der Waals surface area (Å²) in [6.45, 7) is 0. The van der Waals surface area contributed by atoms with E-state index in [-0.39, 0.29) is 12.3 Å². The predicted octanol–water partition coefficient (Wildman–Crippen LogP) is 4.77. The molecule has 25 heavy (non-hydrogen) atoms. The molecule has 0 atom stereocenters. The number of carboxylic acids is 1. The van der Waals surface area contributed by atoms with Crippen LogP contribution < -0.4 is 5.32 Å². The molecule has 5 nitrogen and oxygen atoms in total. The fourth-order valence-electron chi connectivity index (χ4n) is 2.07. The number of hydrogen-bond donors (Lipinski definition) is 2. The van der Waals surface area contributed by atoms with Gasteiger partial charge in [0.1, 0.15) is 0 Å². The monoisotopic (exact) mass is 392 g/mol. The highest BCUT2D eigenvalue weighted by Gasteiger charge is 2.09. The lowest BCUT2D eigenvalue weighted by atomic mass is 10.2. The first-order valence-electron chi connectivity index (χ1n) is 7.33. The number of aromatic nitrogens is 1. The smallest absolute Gasteiger partial charge is 0.304 e. The normalized spacial score (nSPS) is 10.8. The van der Waals surface area contributed by atoms with Gasteiger partial charge >= 0.3 is 5.97 Å². The summed E-state index contributed by atoms with van der Waals surface area (Å²) >= 11 is 8.72. The number of amides is 1. The molecule has 2 aromatic carbocycles. The van der Waals surface area contributed by atoms with Crippen LogP contribution in [0.2, 0.25) is 5.02 Å². The number of halogens is 1. The Hall–Kier alpha value is -2.09. The first-order chi connectivity index (χ1) is 12.0. The molecule has 0 aliphatic carbocycles. The highest BCUT2D eigenvalue weighted by molar-refractivity contribution is 8.01. The molecule has 1 aromatic heterocycles. The fraction of sp³-hybridized carbons (Fsp3) is 0.118. The Kier molecular flexibility index (Phi) is 5.57. The van der Waals surface area contributed by atoms with Crippen LogP contribution in [0.15, 0.2) is 46.8 Å². The second-order valence-corrected chi connectivity index (χ2v) is 7.92. The number of carboxylic acid groups (broad SMARTS) is 1. The number of hydrogen-bond acceptors (Lipinski definition) is 5. The van der Waals surface area contributed by atoms with E-state index in [1.165, 1.54) is 23.1 Å². The van der Waals surface area contributed by atoms with E-state index in [1.54, 1.807) is 30.3 Å². The van der Waals surface area contributed by atoms with Gasteiger partial charge in [-0.3, -0.25) is 9.59 Å². The third-order valence-corrected chi connectivity index (χ3v) is 5.69. The number of thioether (sulfide) groups is 1. The number of benzene rings is 2. The minimum absolute atomic E-state index is 0.100. The predicted molar refractivity (Wildman–Crippen MR) is 102 cm³/mol. The zero-order valence-corrected chi connectivity index (χ0v) is 15.2. The Morgan fingerprint density at radius 2 is 1.96 bits per heavy atom. The lowest BCUT2D eigenvalue weighted by Crippen LogP contribution is -2.11. The van der Waals surface area contributed by atoms with Crippen LogP contribution in [0.25, 0.3) is 10.2 Å². The van der Waals surface area contributed by atoms with Crippen molar-refractivity contribution in [1.82, 2.24) is 4.98 Å². The molecule has 2 N–H and O–H groups in total. The Morgan fingerprint density at radius 1 is 1.20 bits per heavy atom. The van der Waals surface area contributed by atoms with E-state index >= 15 is 0 Å². The first kappa shape index (κ1) is 17.7. The van der Waals surface area contributed by atoms with Crippen molar-refractivity contribution in [2.75, 3.05) is 11.1 Å². The molecule has 1 amide bonds. The van der Waals surface area contributed by atoms with Crippen LogP contribution in [-0.4, -0.2) is 27.7 Å². The van der Waals surface area contributed by atoms with Crippen LogP contribution in [0, 0.1) is 0 Å². The fourth-order valence-corrected chi connectivity index (χ4v) is 4.30. The largest absolute Gasteiger partial charge is 0.481 e. The van der Waals surface area contributed by atoms with Gasteiger partial charge in [0.25, 0.3) is 5.91 Å². The molecule has 128 valence electrons. The maximum Gasteiger partial charge on any atom is 0.304 e. The molecule has 8 heteroatoms. The maximum absolute atomic E-state index is 12.2. The van der Waals surface area contributed by atoms with Crippen molar-refractivity contribution in [2.24, 2.45) is 0 Å². The summed E-state index contributed by atoms with van der Waals surface area (Å²) in [5.74, 6) is -0.549. The number of thiazole rings is 1. The first-order valence-corrected chi connectivity index (χ1v) is 9.51. The molecule has 3 rings (SSSR count). The molecule has 0 aliphatic rings. The zero-order chi connectivity index (χ0) is 17.8. The number of aliphatic carboxylic acids is 1. The summed E-state index contributed by atoms with van der Waals surface area (Å²) in [7, 11) is 0. The minimum Gasteiger partial charge on any atom is -0.481 e. The summed E-state index contributed by atoms with van der Waals surface area (Å²) in [5, 5.41) is 12.1. The van der Waals surface area contributed by atoms with Gasteiger partial charge in [-0.15, -0.1) is 11.3 Å². The molecule has 3 aromatic rings. The van der Waals surface area contributed by atoms with Gasteiger partial charge in [0.15, 0.2) is 4.34 Å². The van der Waals surface area contributed by atoms with Crippen molar-refractivity contribution in [3.8, 4) is 0 Å². The Bertz CT molecular complexity index is 925. The average Bonchev–Trinajstić information content (AvgIpc) is 2.97. The lowest BCUT2D eigenvalue weighted by Gasteiger charge is -2.05. The van der Waals surface area contributed by atoms with Crippen molar-refractivity contribution in [3.05, 3.63) is 53.1 Å². The molecule has 0 saturated heterocycles. The van der Waals surface area contributed by atoms with Crippen LogP contribution in [-0.2, 0) is 4.79 Å². The highest BCUT2D eigenvalue weighted by atomic mass is 35.5. The third kappa shape index (κ3) is 4.72. The van der Waals surface area contributed by atoms with Gasteiger partial charge in [-0.05, 0) is 42.5 Å². The van der Waals surface area contributed by atoms with Gasteiger partial charge in [0.05, 0.1) is 16.6 Å². The molecule has 0 radical (unpaired) electrons. The number of fused-ring (bicyclic) bond motifs is 1. The molecule has 0 bridgehead atoms. The van der Waals surface area contributed by atoms with E-state index in [1.807, 2.05) is 12.1 Å². The van der Waals surface area contributed by atoms with Crippen molar-refractivity contribution in [3.63, 3.8) is 0 Å². The quantitative estimate of drug-likeness (QED) is 0.591. The third-order valence-electron chi connectivity index (χ3n) is 3.27. The maximum atomic E-state index is 12.2. The Labute approximate surface area is 157 Å². The summed E-state index contributed by atoms with van der Waals surface area (Å²) in [4.78, 5) is 27.3. The van der Waals surface area contributed by atoms with Crippen LogP contribution in [0.4, 0.5) is 5.69 Å². The molecular formula is C17H13ClN2O3S2. The van der Waals surface area contributed by atoms with Crippen molar-refractivity contribution >= 4 is 62.5 Å². The summed E-state index contributed by atoms with van der Waals surface area (Å²) < 4.78 is 1.75. The van der Waals surface area contributed by atoms with E-state index in [0.29, 0.717) is 22.0 Å². The molecule has 0 saturated carbocycles. The molecular weight excluding hydrogens is 380 g/mol. The van der Waals surface area contributed by atoms with Crippen molar-refractivity contribution < 1.29 is 14.7 Å². The molecule has 0 aliphatic heterocycles. The molecule has 0 fully saturated rings. The van der Waals surface area contributed by atoms with Gasteiger partial charge in [-0.25, -0.2) is 4.98 Å². The van der Waals surface area contributed by atoms with E-state index in [0.717, 1.165) is 14.6 Å². The summed E-state index contributed by atoms with van der Waals surface area (Å²) in [5.41, 5.74) is 2.03. The van der Waals surface area contributed by atoms with Crippen LogP contribution in [0.3, 0.4) is 0 Å². The zero-order valence-electron chi connectivity index (χ0n) is 12.9. The van der Waals surface area contributed by atoms with Crippen LogP contribution in [0.5, 0.6) is 0 Å². The lowest BCUT2D eigenvalue weighted by molar-refractivity contribution is -0.136. The number of nitrogens with zero attached hydrogens (tertiary/aromatic N) is 1. The van der Waals surface area contributed by atoms with Crippen molar-refractivity contribution in [1.29, 1.82) is 0 Å². The topological polar surface area (TPSA) is 79.3 Å². The standard InChI is InChI=1S/C17H13ClN2O3S2/c18-11-3-1-10(2-4-11)16(23)19-12-5-6-13-14(9-12)25-17(20-13)24-8-7-15(21)22/h1-6,9H,7-8H2,(H,19,23)(H,21,22). The molecule has 0 spiro atoms. The van der Waals surface area contributed by atoms with Crippen LogP contribution in [0.1, 0.15) is 16.8 Å². The average molecular weight is 393 g/mol. The van der Waals surface area contributed by atoms with E-state index < -0.39 is 5.97 Å². The Morgan fingerprint density at radius 3 is 2.68 bits per heavy atom. The number of carbonyl (C=O) groups excluding carboxylic acids is 1. The second-order valence-electron chi connectivity index (χ2n) is 5.12. The van der Waals surface area contributed by atoms with Gasteiger partial charge in [0.2, 0.25) is 0 Å². The van der Waals surface area contributed by atoms with Gasteiger partial charge < -0.3 is 10.4 Å².